The van der Waals surface area contributed by atoms with Gasteiger partial charge in [-0.1, -0.05) is 111 Å². The SMILES string of the molecule is Cc1ccc(OC(F)(F)C2=C(F)CC(/C=C/C3CCC(C)CC3)CC2)cc1.Cc1ccc(OC(F)(F)c2ccc(/C=C/C3CCC(C)CC3)cc2)cc1. The zero-order valence-electron chi connectivity index (χ0n) is 31.6. The Labute approximate surface area is 313 Å². The molecule has 3 aromatic rings. The molecule has 3 aliphatic rings. The van der Waals surface area contributed by atoms with Crippen LogP contribution in [0.2, 0.25) is 0 Å². The van der Waals surface area contributed by atoms with Crippen molar-refractivity contribution < 1.29 is 31.4 Å². The van der Waals surface area contributed by atoms with Gasteiger partial charge in [-0.2, -0.15) is 17.6 Å². The lowest BCUT2D eigenvalue weighted by atomic mass is 9.81. The molecule has 0 spiro atoms. The molecule has 1 atom stereocenters. The van der Waals surface area contributed by atoms with E-state index in [-0.39, 0.29) is 35.8 Å². The molecule has 2 nitrogen and oxygen atoms in total. The van der Waals surface area contributed by atoms with Gasteiger partial charge in [0.2, 0.25) is 0 Å². The molecule has 0 heterocycles. The van der Waals surface area contributed by atoms with Crippen LogP contribution < -0.4 is 9.47 Å². The maximum atomic E-state index is 14.5. The van der Waals surface area contributed by atoms with Crippen LogP contribution in [0.5, 0.6) is 11.5 Å². The summed E-state index contributed by atoms with van der Waals surface area (Å²) in [4.78, 5) is 0. The number of rotatable bonds is 10. The molecule has 3 aromatic carbocycles. The van der Waals surface area contributed by atoms with Crippen LogP contribution in [0.4, 0.5) is 22.0 Å². The molecule has 0 amide bonds. The molecule has 3 aliphatic carbocycles. The summed E-state index contributed by atoms with van der Waals surface area (Å²) in [5.41, 5.74) is 2.26. The van der Waals surface area contributed by atoms with Gasteiger partial charge in [0.1, 0.15) is 17.3 Å². The van der Waals surface area contributed by atoms with E-state index in [0.29, 0.717) is 18.3 Å². The maximum absolute atomic E-state index is 14.5. The standard InChI is InChI=1S/C23H29F3O.C23H26F2O/c1-16-3-7-18(8-4-16)9-10-19-11-14-21(22(24)15-19)23(25,26)27-20-12-5-17(2)6-13-20;1-17-3-7-19(8-4-17)9-10-20-11-13-21(14-12-20)23(24,25)26-22-15-5-18(2)6-16-22/h5-6,9-10,12-13,16,18-19H,3-4,7-8,11,14-15H2,1-2H3;5-6,9-17,19H,3-4,7-8H2,1-2H3/b2*10-9+. The summed E-state index contributed by atoms with van der Waals surface area (Å²) in [7, 11) is 0. The molecule has 2 saturated carbocycles. The molecule has 2 fully saturated rings. The molecule has 0 N–H and O–H groups in total. The van der Waals surface area contributed by atoms with Crippen LogP contribution in [0.25, 0.3) is 6.08 Å². The number of hydrogen-bond donors (Lipinski definition) is 0. The van der Waals surface area contributed by atoms with Gasteiger partial charge < -0.3 is 9.47 Å². The second-order valence-electron chi connectivity index (χ2n) is 15.7. The van der Waals surface area contributed by atoms with Crippen LogP contribution in [0, 0.1) is 43.4 Å². The third-order valence-corrected chi connectivity index (χ3v) is 11.0. The largest absolute Gasteiger partial charge is 0.429 e. The Balaban J connectivity index is 0.000000204. The van der Waals surface area contributed by atoms with E-state index in [4.69, 9.17) is 9.47 Å². The average Bonchev–Trinajstić information content (AvgIpc) is 3.13. The molecular weight excluding hydrogens is 679 g/mol. The van der Waals surface area contributed by atoms with E-state index in [0.717, 1.165) is 28.5 Å². The zero-order chi connectivity index (χ0) is 38.0. The average molecular weight is 735 g/mol. The summed E-state index contributed by atoms with van der Waals surface area (Å²) >= 11 is 0. The lowest BCUT2D eigenvalue weighted by Crippen LogP contribution is -2.30. The zero-order valence-corrected chi connectivity index (χ0v) is 31.6. The van der Waals surface area contributed by atoms with Crippen molar-refractivity contribution in [2.24, 2.45) is 29.6 Å². The minimum Gasteiger partial charge on any atom is -0.429 e. The Morgan fingerprint density at radius 2 is 1.00 bits per heavy atom. The summed E-state index contributed by atoms with van der Waals surface area (Å²) < 4.78 is 81.8. The molecule has 0 aromatic heterocycles. The fourth-order valence-electron chi connectivity index (χ4n) is 7.32. The number of allylic oxidation sites excluding steroid dienone is 4. The van der Waals surface area contributed by atoms with Gasteiger partial charge in [0.15, 0.2) is 0 Å². The Hall–Kier alpha value is -3.87. The highest BCUT2D eigenvalue weighted by Gasteiger charge is 2.42. The van der Waals surface area contributed by atoms with Crippen LogP contribution in [0.15, 0.2) is 102 Å². The molecule has 1 unspecified atom stereocenters. The highest BCUT2D eigenvalue weighted by atomic mass is 19.3. The molecule has 0 aliphatic heterocycles. The molecule has 286 valence electrons. The highest BCUT2D eigenvalue weighted by Crippen LogP contribution is 2.41. The van der Waals surface area contributed by atoms with Crippen LogP contribution in [0.3, 0.4) is 0 Å². The second kappa shape index (κ2) is 18.4. The van der Waals surface area contributed by atoms with Gasteiger partial charge in [0.05, 0.1) is 11.1 Å². The molecular formula is C46H55F5O2. The number of alkyl halides is 4. The molecule has 7 heteroatoms. The van der Waals surface area contributed by atoms with Crippen molar-refractivity contribution in [2.45, 2.75) is 111 Å². The van der Waals surface area contributed by atoms with Crippen LogP contribution >= 0.6 is 0 Å². The third kappa shape index (κ3) is 12.3. The Kier molecular flexibility index (Phi) is 14.0. The summed E-state index contributed by atoms with van der Waals surface area (Å²) in [5.74, 6) is 2.29. The molecule has 0 bridgehead atoms. The highest BCUT2D eigenvalue weighted by molar-refractivity contribution is 5.50. The summed E-state index contributed by atoms with van der Waals surface area (Å²) in [6.07, 6.45) is 12.0. The normalized spacial score (nSPS) is 24.2. The van der Waals surface area contributed by atoms with Crippen LogP contribution in [0.1, 0.15) is 107 Å². The Morgan fingerprint density at radius 1 is 0.547 bits per heavy atom. The topological polar surface area (TPSA) is 18.5 Å². The van der Waals surface area contributed by atoms with E-state index in [9.17, 15) is 22.0 Å². The van der Waals surface area contributed by atoms with E-state index in [1.54, 1.807) is 48.5 Å². The van der Waals surface area contributed by atoms with E-state index in [1.165, 1.54) is 75.6 Å². The molecule has 6 rings (SSSR count). The Bertz CT molecular complexity index is 1660. The molecule has 0 saturated heterocycles. The van der Waals surface area contributed by atoms with Gasteiger partial charge >= 0.3 is 12.2 Å². The van der Waals surface area contributed by atoms with Crippen molar-refractivity contribution in [3.63, 3.8) is 0 Å². The first-order chi connectivity index (χ1) is 25.3. The maximum Gasteiger partial charge on any atom is 0.426 e. The van der Waals surface area contributed by atoms with Gasteiger partial charge in [-0.15, -0.1) is 0 Å². The van der Waals surface area contributed by atoms with Crippen molar-refractivity contribution in [1.29, 1.82) is 0 Å². The van der Waals surface area contributed by atoms with Crippen molar-refractivity contribution >= 4 is 6.08 Å². The summed E-state index contributed by atoms with van der Waals surface area (Å²) in [6.45, 7) is 8.36. The first kappa shape index (κ1) is 40.3. The van der Waals surface area contributed by atoms with Gasteiger partial charge in [-0.25, -0.2) is 4.39 Å². The van der Waals surface area contributed by atoms with E-state index in [2.05, 4.69) is 32.1 Å². The monoisotopic (exact) mass is 734 g/mol. The van der Waals surface area contributed by atoms with Gasteiger partial charge in [0.25, 0.3) is 0 Å². The summed E-state index contributed by atoms with van der Waals surface area (Å²) in [5, 5.41) is 0. The van der Waals surface area contributed by atoms with Gasteiger partial charge in [0, 0.05) is 6.42 Å². The predicted molar refractivity (Wildman–Crippen MR) is 205 cm³/mol. The fourth-order valence-corrected chi connectivity index (χ4v) is 7.32. The van der Waals surface area contributed by atoms with E-state index in [1.807, 2.05) is 19.9 Å². The molecule has 0 radical (unpaired) electrons. The van der Waals surface area contributed by atoms with Crippen molar-refractivity contribution in [2.75, 3.05) is 0 Å². The number of hydrogen-bond acceptors (Lipinski definition) is 2. The fraction of sp³-hybridized carbons (Fsp3) is 0.478. The first-order valence-electron chi connectivity index (χ1n) is 19.4. The van der Waals surface area contributed by atoms with E-state index < -0.39 is 23.6 Å². The van der Waals surface area contributed by atoms with Crippen molar-refractivity contribution in [3.8, 4) is 11.5 Å². The van der Waals surface area contributed by atoms with Gasteiger partial charge in [-0.05, 0) is 124 Å². The number of benzene rings is 3. The second-order valence-corrected chi connectivity index (χ2v) is 15.7. The minimum atomic E-state index is -3.60. The van der Waals surface area contributed by atoms with E-state index >= 15 is 0 Å². The Morgan fingerprint density at radius 3 is 1.49 bits per heavy atom. The minimum absolute atomic E-state index is 0.00303. The van der Waals surface area contributed by atoms with Crippen molar-refractivity contribution in [1.82, 2.24) is 0 Å². The number of ether oxygens (including phenoxy) is 2. The van der Waals surface area contributed by atoms with Crippen LogP contribution in [-0.2, 0) is 6.11 Å². The van der Waals surface area contributed by atoms with Gasteiger partial charge in [-0.3, -0.25) is 0 Å². The lowest BCUT2D eigenvalue weighted by Gasteiger charge is -2.28. The smallest absolute Gasteiger partial charge is 0.426 e. The number of halogens is 5. The predicted octanol–water partition coefficient (Wildman–Crippen LogP) is 14.3. The first-order valence-corrected chi connectivity index (χ1v) is 19.4. The quantitative estimate of drug-likeness (QED) is 0.153. The van der Waals surface area contributed by atoms with Crippen molar-refractivity contribution in [3.05, 3.63) is 125 Å². The lowest BCUT2D eigenvalue weighted by molar-refractivity contribution is -0.185. The third-order valence-electron chi connectivity index (χ3n) is 11.0. The molecule has 53 heavy (non-hydrogen) atoms. The summed E-state index contributed by atoms with van der Waals surface area (Å²) in [6, 6.07) is 19.3. The van der Waals surface area contributed by atoms with Crippen LogP contribution in [-0.4, -0.2) is 6.11 Å². The number of aryl methyl sites for hydroxylation is 2.